The molecule has 9 nitrogen and oxygen atoms in total. The molecule has 0 radical (unpaired) electrons. The SMILES string of the molecule is COc1ccc(C(=O)Nc2cccc(CN3C(=O)[C@@]4(O[C@@H](CC(=O)N5Cc6ccccc6C[C@H]5CO)[C@H](C(C)(C)F)[C@H]4C)c4ccccc43)c2)cc1. The summed E-state index contributed by atoms with van der Waals surface area (Å²) in [6, 6.07) is 29.0. The maximum Gasteiger partial charge on any atom is 0.264 e. The smallest absolute Gasteiger partial charge is 0.264 e. The van der Waals surface area contributed by atoms with Crippen LogP contribution in [0.25, 0.3) is 0 Å². The first kappa shape index (κ1) is 35.3. The van der Waals surface area contributed by atoms with Gasteiger partial charge in [-0.1, -0.05) is 61.5 Å². The highest BCUT2D eigenvalue weighted by Gasteiger charge is 2.66. The first-order valence-electron chi connectivity index (χ1n) is 17.7. The van der Waals surface area contributed by atoms with Gasteiger partial charge >= 0.3 is 0 Å². The number of carbonyl (C=O) groups excluding carboxylic acids is 3. The molecule has 1 spiro atoms. The molecule has 270 valence electrons. The molecule has 3 heterocycles. The monoisotopic (exact) mass is 705 g/mol. The maximum absolute atomic E-state index is 16.3. The third-order valence-corrected chi connectivity index (χ3v) is 11.0. The number of benzene rings is 4. The number of methoxy groups -OCH3 is 1. The van der Waals surface area contributed by atoms with Crippen LogP contribution in [0.3, 0.4) is 0 Å². The number of nitrogens with one attached hydrogen (secondary N) is 1. The Bertz CT molecular complexity index is 1990. The number of ether oxygens (including phenoxy) is 2. The average molecular weight is 706 g/mol. The lowest BCUT2D eigenvalue weighted by Gasteiger charge is -2.37. The van der Waals surface area contributed by atoms with Crippen molar-refractivity contribution in [3.05, 3.63) is 125 Å². The maximum atomic E-state index is 16.3. The minimum atomic E-state index is -1.78. The molecule has 2 N–H and O–H groups in total. The van der Waals surface area contributed by atoms with Gasteiger partial charge in [0.1, 0.15) is 11.4 Å². The van der Waals surface area contributed by atoms with Gasteiger partial charge in [-0.3, -0.25) is 14.4 Å². The van der Waals surface area contributed by atoms with Crippen molar-refractivity contribution in [1.29, 1.82) is 0 Å². The standard InChI is InChI=1S/C42H44FN3O6/c1-26-38(41(2,3)43)36(22-37(48)45-24-30-12-6-5-11-29(30)21-32(45)25-47)52-42(26)34-14-7-8-15-35(34)46(40(42)50)23-27-10-9-13-31(20-27)44-39(49)28-16-18-33(51-4)19-17-28/h5-20,26,32,36,38,47H,21-25H2,1-4H3,(H,44,49)/t26-,32+,36+,38-,42+/m1/s1. The molecule has 3 amide bonds. The number of anilines is 2. The van der Waals surface area contributed by atoms with E-state index >= 15 is 4.39 Å². The molecule has 5 atom stereocenters. The molecule has 7 rings (SSSR count). The Balaban J connectivity index is 1.15. The van der Waals surface area contributed by atoms with Crippen LogP contribution in [0.4, 0.5) is 15.8 Å². The van der Waals surface area contributed by atoms with E-state index in [9.17, 15) is 19.5 Å². The topological polar surface area (TPSA) is 108 Å². The molecule has 1 saturated heterocycles. The van der Waals surface area contributed by atoms with Crippen molar-refractivity contribution in [3.63, 3.8) is 0 Å². The van der Waals surface area contributed by atoms with Crippen molar-refractivity contribution < 1.29 is 33.4 Å². The van der Waals surface area contributed by atoms with Crippen molar-refractivity contribution in [3.8, 4) is 5.75 Å². The molecule has 4 aromatic carbocycles. The quantitative estimate of drug-likeness (QED) is 0.208. The molecular formula is C42H44FN3O6. The van der Waals surface area contributed by atoms with Gasteiger partial charge < -0.3 is 29.7 Å². The summed E-state index contributed by atoms with van der Waals surface area (Å²) < 4.78 is 28.3. The lowest BCUT2D eigenvalue weighted by atomic mass is 9.71. The summed E-state index contributed by atoms with van der Waals surface area (Å²) in [4.78, 5) is 45.2. The average Bonchev–Trinajstić information content (AvgIpc) is 3.57. The van der Waals surface area contributed by atoms with Crippen molar-refractivity contribution >= 4 is 29.1 Å². The number of fused-ring (bicyclic) bond motifs is 3. The van der Waals surface area contributed by atoms with Gasteiger partial charge in [-0.2, -0.15) is 0 Å². The number of hydrogen-bond acceptors (Lipinski definition) is 6. The molecule has 0 saturated carbocycles. The highest BCUT2D eigenvalue weighted by Crippen LogP contribution is 2.58. The van der Waals surface area contributed by atoms with E-state index in [1.54, 1.807) is 47.2 Å². The van der Waals surface area contributed by atoms with Crippen molar-refractivity contribution in [2.75, 3.05) is 23.9 Å². The van der Waals surface area contributed by atoms with Gasteiger partial charge in [0.2, 0.25) is 5.91 Å². The molecule has 3 aliphatic heterocycles. The number of carbonyl (C=O) groups is 3. The summed E-state index contributed by atoms with van der Waals surface area (Å²) >= 11 is 0. The number of rotatable bonds is 9. The van der Waals surface area contributed by atoms with Crippen LogP contribution in [-0.4, -0.2) is 59.3 Å². The number of amides is 3. The Hall–Kier alpha value is -5.06. The van der Waals surface area contributed by atoms with E-state index in [1.807, 2.05) is 73.7 Å². The van der Waals surface area contributed by atoms with Gasteiger partial charge in [0, 0.05) is 35.2 Å². The summed E-state index contributed by atoms with van der Waals surface area (Å²) in [5.74, 6) is -1.60. The number of halogens is 1. The molecule has 4 aromatic rings. The van der Waals surface area contributed by atoms with Crippen LogP contribution >= 0.6 is 0 Å². The number of alkyl halides is 1. The van der Waals surface area contributed by atoms with Crippen LogP contribution in [0.1, 0.15) is 59.8 Å². The second kappa shape index (κ2) is 13.8. The van der Waals surface area contributed by atoms with Crippen molar-refractivity contribution in [2.45, 2.75) is 70.1 Å². The van der Waals surface area contributed by atoms with Gasteiger partial charge in [0.25, 0.3) is 11.8 Å². The number of aliphatic hydroxyl groups excluding tert-OH is 1. The van der Waals surface area contributed by atoms with Crippen LogP contribution in [0.5, 0.6) is 5.75 Å². The first-order valence-corrected chi connectivity index (χ1v) is 17.7. The van der Waals surface area contributed by atoms with Gasteiger partial charge in [0.15, 0.2) is 5.60 Å². The normalized spacial score (nSPS) is 23.8. The van der Waals surface area contributed by atoms with E-state index in [2.05, 4.69) is 5.32 Å². The van der Waals surface area contributed by atoms with Crippen molar-refractivity contribution in [1.82, 2.24) is 4.90 Å². The van der Waals surface area contributed by atoms with E-state index in [0.29, 0.717) is 41.2 Å². The van der Waals surface area contributed by atoms with E-state index < -0.39 is 35.3 Å². The Labute approximate surface area is 303 Å². The Kier molecular flexibility index (Phi) is 9.39. The van der Waals surface area contributed by atoms with Crippen LogP contribution in [-0.2, 0) is 39.4 Å². The predicted molar refractivity (Wildman–Crippen MR) is 196 cm³/mol. The predicted octanol–water partition coefficient (Wildman–Crippen LogP) is 6.42. The van der Waals surface area contributed by atoms with Crippen LogP contribution in [0.2, 0.25) is 0 Å². The highest BCUT2D eigenvalue weighted by atomic mass is 19.1. The second-order valence-electron chi connectivity index (χ2n) is 14.6. The lowest BCUT2D eigenvalue weighted by molar-refractivity contribution is -0.151. The number of nitrogens with zero attached hydrogens (tertiary/aromatic N) is 2. The van der Waals surface area contributed by atoms with E-state index in [0.717, 1.165) is 16.7 Å². The van der Waals surface area contributed by atoms with Gasteiger partial charge in [-0.25, -0.2) is 4.39 Å². The summed E-state index contributed by atoms with van der Waals surface area (Å²) in [5.41, 5.74) is 1.92. The fourth-order valence-electron chi connectivity index (χ4n) is 8.57. The minimum absolute atomic E-state index is 0.131. The molecular weight excluding hydrogens is 661 g/mol. The molecule has 0 bridgehead atoms. The highest BCUT2D eigenvalue weighted by molar-refractivity contribution is 6.08. The van der Waals surface area contributed by atoms with Gasteiger partial charge in [-0.05, 0) is 79.4 Å². The fourth-order valence-corrected chi connectivity index (χ4v) is 8.57. The molecule has 0 aromatic heterocycles. The first-order chi connectivity index (χ1) is 24.9. The molecule has 0 aliphatic carbocycles. The number of aliphatic hydroxyl groups is 1. The van der Waals surface area contributed by atoms with E-state index in [-0.39, 0.29) is 37.3 Å². The van der Waals surface area contributed by atoms with E-state index in [1.165, 1.54) is 13.8 Å². The Morgan fingerprint density at radius 2 is 1.71 bits per heavy atom. The second-order valence-corrected chi connectivity index (χ2v) is 14.6. The molecule has 52 heavy (non-hydrogen) atoms. The molecule has 1 fully saturated rings. The van der Waals surface area contributed by atoms with E-state index in [4.69, 9.17) is 9.47 Å². The Morgan fingerprint density at radius 1 is 1.00 bits per heavy atom. The lowest BCUT2D eigenvalue weighted by Crippen LogP contribution is -2.48. The molecule has 3 aliphatic rings. The molecule has 0 unspecified atom stereocenters. The summed E-state index contributed by atoms with van der Waals surface area (Å²) in [6.07, 6.45) is -0.503. The number of para-hydroxylation sites is 1. The largest absolute Gasteiger partial charge is 0.497 e. The third-order valence-electron chi connectivity index (χ3n) is 11.0. The fraction of sp³-hybridized carbons (Fsp3) is 0.357. The summed E-state index contributed by atoms with van der Waals surface area (Å²) in [7, 11) is 1.56. The zero-order valence-corrected chi connectivity index (χ0v) is 29.8. The van der Waals surface area contributed by atoms with Crippen LogP contribution in [0.15, 0.2) is 97.1 Å². The zero-order valence-electron chi connectivity index (χ0n) is 29.8. The summed E-state index contributed by atoms with van der Waals surface area (Å²) in [6.45, 7) is 5.13. The summed E-state index contributed by atoms with van der Waals surface area (Å²) in [5, 5.41) is 13.2. The van der Waals surface area contributed by atoms with Gasteiger partial charge in [-0.15, -0.1) is 0 Å². The van der Waals surface area contributed by atoms with Crippen molar-refractivity contribution in [2.24, 2.45) is 11.8 Å². The Morgan fingerprint density at radius 3 is 2.42 bits per heavy atom. The van der Waals surface area contributed by atoms with Crippen LogP contribution in [0, 0.1) is 11.8 Å². The van der Waals surface area contributed by atoms with Gasteiger partial charge in [0.05, 0.1) is 44.5 Å². The minimum Gasteiger partial charge on any atom is -0.497 e. The zero-order chi connectivity index (χ0) is 36.8. The third kappa shape index (κ3) is 6.24. The molecule has 10 heteroatoms. The number of hydrogen-bond donors (Lipinski definition) is 2. The van der Waals surface area contributed by atoms with Crippen LogP contribution < -0.4 is 15.0 Å².